The summed E-state index contributed by atoms with van der Waals surface area (Å²) in [5, 5.41) is 3.79. The minimum atomic E-state index is 0.247. The van der Waals surface area contributed by atoms with Gasteiger partial charge in [-0.05, 0) is 50.3 Å². The molecule has 2 aromatic carbocycles. The monoisotopic (exact) mass is 339 g/mol. The van der Waals surface area contributed by atoms with Crippen LogP contribution in [0.3, 0.4) is 0 Å². The topological polar surface area (TPSA) is 55.2 Å². The van der Waals surface area contributed by atoms with E-state index in [9.17, 15) is 0 Å². The summed E-state index contributed by atoms with van der Waals surface area (Å²) in [5.74, 6) is 0. The molecular formula is C18H21N5S. The molecular weight excluding hydrogens is 318 g/mol. The summed E-state index contributed by atoms with van der Waals surface area (Å²) in [6, 6.07) is 14.4. The van der Waals surface area contributed by atoms with Crippen LogP contribution in [0.1, 0.15) is 19.8 Å². The van der Waals surface area contributed by atoms with Crippen LogP contribution < -0.4 is 4.90 Å². The maximum atomic E-state index is 8.76. The standard InChI is InChI=1S/C18H21N5S/c1-4-7-18(22(2)3)23-14-8-5-6-9-16(14)24-17-11-10-13(20-21-19)12-15(17)23/h5-6,8-12,18H,4,7H2,1-3H3. The Balaban J connectivity index is 2.18. The Labute approximate surface area is 146 Å². The number of hydrogen-bond donors (Lipinski definition) is 0. The largest absolute Gasteiger partial charge is 0.323 e. The molecule has 1 atom stereocenters. The van der Waals surface area contributed by atoms with Crippen LogP contribution in [0.15, 0.2) is 57.4 Å². The molecule has 1 unspecified atom stereocenters. The summed E-state index contributed by atoms with van der Waals surface area (Å²) in [6.07, 6.45) is 2.40. The lowest BCUT2D eigenvalue weighted by Crippen LogP contribution is -2.43. The lowest BCUT2D eigenvalue weighted by molar-refractivity contribution is 0.279. The number of fused-ring (bicyclic) bond motifs is 2. The zero-order valence-corrected chi connectivity index (χ0v) is 15.0. The molecule has 1 aliphatic heterocycles. The molecule has 0 aliphatic carbocycles. The minimum absolute atomic E-state index is 0.247. The summed E-state index contributed by atoms with van der Waals surface area (Å²) in [6.45, 7) is 2.21. The number of para-hydroxylation sites is 1. The lowest BCUT2D eigenvalue weighted by Gasteiger charge is -2.41. The van der Waals surface area contributed by atoms with Gasteiger partial charge in [0, 0.05) is 20.4 Å². The van der Waals surface area contributed by atoms with Crippen LogP contribution in [0.4, 0.5) is 17.1 Å². The fraction of sp³-hybridized carbons (Fsp3) is 0.333. The molecule has 0 spiro atoms. The number of rotatable bonds is 5. The van der Waals surface area contributed by atoms with Crippen molar-refractivity contribution in [1.82, 2.24) is 4.90 Å². The van der Waals surface area contributed by atoms with Gasteiger partial charge in [-0.15, -0.1) is 0 Å². The minimum Gasteiger partial charge on any atom is -0.323 e. The summed E-state index contributed by atoms with van der Waals surface area (Å²) >= 11 is 1.77. The Morgan fingerprint density at radius 2 is 1.92 bits per heavy atom. The maximum absolute atomic E-state index is 8.76. The number of anilines is 2. The lowest BCUT2D eigenvalue weighted by atomic mass is 10.1. The van der Waals surface area contributed by atoms with Crippen molar-refractivity contribution >= 4 is 28.8 Å². The molecule has 24 heavy (non-hydrogen) atoms. The van der Waals surface area contributed by atoms with E-state index < -0.39 is 0 Å². The molecule has 6 heteroatoms. The van der Waals surface area contributed by atoms with Gasteiger partial charge in [-0.1, -0.05) is 48.4 Å². The first kappa shape index (κ1) is 16.7. The molecule has 0 aromatic heterocycles. The normalized spacial score (nSPS) is 13.9. The van der Waals surface area contributed by atoms with Crippen LogP contribution in [0.2, 0.25) is 0 Å². The van der Waals surface area contributed by atoms with Crippen molar-refractivity contribution in [1.29, 1.82) is 0 Å². The third kappa shape index (κ3) is 3.08. The first-order valence-corrected chi connectivity index (χ1v) is 8.89. The zero-order chi connectivity index (χ0) is 17.1. The van der Waals surface area contributed by atoms with Gasteiger partial charge in [-0.25, -0.2) is 0 Å². The zero-order valence-electron chi connectivity index (χ0n) is 14.2. The van der Waals surface area contributed by atoms with E-state index in [1.54, 1.807) is 11.8 Å². The molecule has 0 fully saturated rings. The summed E-state index contributed by atoms with van der Waals surface area (Å²) in [5.41, 5.74) is 11.7. The quantitative estimate of drug-likeness (QED) is 0.386. The van der Waals surface area contributed by atoms with E-state index in [-0.39, 0.29) is 6.17 Å². The number of nitrogens with zero attached hydrogens (tertiary/aromatic N) is 5. The highest BCUT2D eigenvalue weighted by molar-refractivity contribution is 7.99. The van der Waals surface area contributed by atoms with Gasteiger partial charge in [0.2, 0.25) is 0 Å². The number of benzene rings is 2. The Bertz CT molecular complexity index is 783. The van der Waals surface area contributed by atoms with E-state index in [0.717, 1.165) is 18.5 Å². The molecule has 0 amide bonds. The van der Waals surface area contributed by atoms with Crippen LogP contribution in [0.25, 0.3) is 10.4 Å². The van der Waals surface area contributed by atoms with Crippen molar-refractivity contribution < 1.29 is 0 Å². The van der Waals surface area contributed by atoms with E-state index >= 15 is 0 Å². The van der Waals surface area contributed by atoms with Gasteiger partial charge in [0.05, 0.1) is 17.5 Å². The van der Waals surface area contributed by atoms with Gasteiger partial charge in [-0.2, -0.15) is 0 Å². The number of hydrogen-bond acceptors (Lipinski definition) is 4. The van der Waals surface area contributed by atoms with Gasteiger partial charge in [-0.3, -0.25) is 4.90 Å². The average Bonchev–Trinajstić information content (AvgIpc) is 2.58. The fourth-order valence-electron chi connectivity index (χ4n) is 3.08. The summed E-state index contributed by atoms with van der Waals surface area (Å²) in [7, 11) is 4.23. The van der Waals surface area contributed by atoms with Crippen molar-refractivity contribution in [2.75, 3.05) is 19.0 Å². The van der Waals surface area contributed by atoms with Crippen LogP contribution in [0.5, 0.6) is 0 Å². The predicted molar refractivity (Wildman–Crippen MR) is 100 cm³/mol. The smallest absolute Gasteiger partial charge is 0.0865 e. The van der Waals surface area contributed by atoms with Gasteiger partial charge in [0.15, 0.2) is 0 Å². The molecule has 0 N–H and O–H groups in total. The Morgan fingerprint density at radius 1 is 1.17 bits per heavy atom. The van der Waals surface area contributed by atoms with Gasteiger partial charge >= 0.3 is 0 Å². The highest BCUT2D eigenvalue weighted by Gasteiger charge is 2.29. The molecule has 1 heterocycles. The van der Waals surface area contributed by atoms with Gasteiger partial charge < -0.3 is 4.90 Å². The Hall–Kier alpha value is -2.14. The van der Waals surface area contributed by atoms with Crippen molar-refractivity contribution in [3.05, 3.63) is 52.9 Å². The third-order valence-corrected chi connectivity index (χ3v) is 5.28. The van der Waals surface area contributed by atoms with Crippen LogP contribution in [-0.2, 0) is 0 Å². The third-order valence-electron chi connectivity index (χ3n) is 4.15. The molecule has 5 nitrogen and oxygen atoms in total. The fourth-order valence-corrected chi connectivity index (χ4v) is 4.13. The molecule has 124 valence electrons. The molecule has 0 saturated heterocycles. The Morgan fingerprint density at radius 3 is 2.62 bits per heavy atom. The second kappa shape index (κ2) is 7.18. The highest BCUT2D eigenvalue weighted by Crippen LogP contribution is 2.50. The van der Waals surface area contributed by atoms with Crippen LogP contribution in [0, 0.1) is 0 Å². The SMILES string of the molecule is CCCC(N(C)C)N1c2ccccc2Sc2ccc(N=[N+]=[N-])cc21. The van der Waals surface area contributed by atoms with Crippen molar-refractivity contribution in [3.8, 4) is 0 Å². The van der Waals surface area contributed by atoms with Crippen molar-refractivity contribution in [2.45, 2.75) is 35.7 Å². The summed E-state index contributed by atoms with van der Waals surface area (Å²) in [4.78, 5) is 10.00. The molecule has 0 radical (unpaired) electrons. The number of azide groups is 1. The van der Waals surface area contributed by atoms with Crippen LogP contribution >= 0.6 is 11.8 Å². The van der Waals surface area contributed by atoms with E-state index in [1.165, 1.54) is 15.5 Å². The molecule has 0 bridgehead atoms. The van der Waals surface area contributed by atoms with E-state index in [0.29, 0.717) is 5.69 Å². The highest BCUT2D eigenvalue weighted by atomic mass is 32.2. The second-order valence-corrected chi connectivity index (χ2v) is 7.10. The molecule has 1 aliphatic rings. The molecule has 2 aromatic rings. The summed E-state index contributed by atoms with van der Waals surface area (Å²) < 4.78 is 0. The molecule has 0 saturated carbocycles. The predicted octanol–water partition coefficient (Wildman–Crippen LogP) is 5.92. The van der Waals surface area contributed by atoms with E-state index in [1.807, 2.05) is 18.2 Å². The average molecular weight is 339 g/mol. The Kier molecular flexibility index (Phi) is 5.00. The van der Waals surface area contributed by atoms with Crippen molar-refractivity contribution in [2.24, 2.45) is 5.11 Å². The maximum Gasteiger partial charge on any atom is 0.0865 e. The van der Waals surface area contributed by atoms with Gasteiger partial charge in [0.1, 0.15) is 0 Å². The first-order valence-electron chi connectivity index (χ1n) is 8.07. The van der Waals surface area contributed by atoms with E-state index in [2.05, 4.69) is 65.1 Å². The van der Waals surface area contributed by atoms with E-state index in [4.69, 9.17) is 5.53 Å². The second-order valence-electron chi connectivity index (χ2n) is 6.01. The first-order chi connectivity index (χ1) is 11.7. The van der Waals surface area contributed by atoms with Gasteiger partial charge in [0.25, 0.3) is 0 Å². The molecule has 3 rings (SSSR count). The van der Waals surface area contributed by atoms with Crippen molar-refractivity contribution in [3.63, 3.8) is 0 Å². The van der Waals surface area contributed by atoms with Crippen LogP contribution in [-0.4, -0.2) is 25.2 Å².